The first-order valence-corrected chi connectivity index (χ1v) is 9.51. The predicted molar refractivity (Wildman–Crippen MR) is 107 cm³/mol. The number of hydrogen-bond donors (Lipinski definition) is 0. The van der Waals surface area contributed by atoms with Gasteiger partial charge in [-0.05, 0) is 42.7 Å². The van der Waals surface area contributed by atoms with E-state index < -0.39 is 0 Å². The second-order valence-corrected chi connectivity index (χ2v) is 7.19. The molecule has 3 heterocycles. The highest BCUT2D eigenvalue weighted by Gasteiger charge is 2.30. The van der Waals surface area contributed by atoms with Crippen LogP contribution in [0.3, 0.4) is 0 Å². The van der Waals surface area contributed by atoms with Gasteiger partial charge < -0.3 is 9.64 Å². The van der Waals surface area contributed by atoms with Crippen molar-refractivity contribution in [3.63, 3.8) is 0 Å². The first-order chi connectivity index (χ1) is 13.6. The molecule has 2 aromatic heterocycles. The molecule has 7 heteroatoms. The fraction of sp³-hybridized carbons (Fsp3) is 0.381. The summed E-state index contributed by atoms with van der Waals surface area (Å²) in [5.74, 6) is 0.936. The topological polar surface area (TPSA) is 69.4 Å². The molecular weight excluding hydrogens is 356 g/mol. The molecular formula is C21H24N4O3. The first kappa shape index (κ1) is 18.3. The Morgan fingerprint density at radius 3 is 2.79 bits per heavy atom. The minimum absolute atomic E-state index is 0.0314. The number of ether oxygens (including phenoxy) is 1. The normalized spacial score (nSPS) is 16.6. The fourth-order valence-electron chi connectivity index (χ4n) is 3.90. The third-order valence-corrected chi connectivity index (χ3v) is 5.52. The smallest absolute Gasteiger partial charge is 0.330 e. The van der Waals surface area contributed by atoms with Gasteiger partial charge in [0.1, 0.15) is 5.75 Å². The van der Waals surface area contributed by atoms with Gasteiger partial charge in [-0.3, -0.25) is 13.9 Å². The van der Waals surface area contributed by atoms with Gasteiger partial charge in [-0.1, -0.05) is 12.1 Å². The summed E-state index contributed by atoms with van der Waals surface area (Å²) >= 11 is 0. The number of likely N-dealkylation sites (tertiary alicyclic amines) is 1. The first-order valence-electron chi connectivity index (χ1n) is 9.51. The highest BCUT2D eigenvalue weighted by molar-refractivity contribution is 5.77. The zero-order valence-electron chi connectivity index (χ0n) is 16.2. The molecule has 0 bridgehead atoms. The van der Waals surface area contributed by atoms with E-state index in [2.05, 4.69) is 4.98 Å². The molecule has 0 spiro atoms. The van der Waals surface area contributed by atoms with E-state index in [1.165, 1.54) is 0 Å². The average Bonchev–Trinajstić information content (AvgIpc) is 3.30. The van der Waals surface area contributed by atoms with Crippen LogP contribution in [0.15, 0.2) is 47.4 Å². The van der Waals surface area contributed by atoms with Crippen LogP contribution in [0, 0.1) is 0 Å². The van der Waals surface area contributed by atoms with Gasteiger partial charge in [-0.2, -0.15) is 0 Å². The summed E-state index contributed by atoms with van der Waals surface area (Å²) in [5.41, 5.74) is 2.54. The Balaban J connectivity index is 1.43. The van der Waals surface area contributed by atoms with Crippen LogP contribution >= 0.6 is 0 Å². The van der Waals surface area contributed by atoms with Crippen molar-refractivity contribution in [3.8, 4) is 5.75 Å². The van der Waals surface area contributed by atoms with Crippen molar-refractivity contribution in [1.82, 2.24) is 19.0 Å². The number of rotatable bonds is 5. The number of aryl methyl sites for hydroxylation is 2. The predicted octanol–water partition coefficient (Wildman–Crippen LogP) is 2.15. The Labute approximate surface area is 163 Å². The zero-order valence-corrected chi connectivity index (χ0v) is 16.2. The molecule has 146 valence electrons. The summed E-state index contributed by atoms with van der Waals surface area (Å²) in [6, 6.07) is 11.5. The number of nitrogens with zero attached hydrogens (tertiary/aromatic N) is 4. The van der Waals surface area contributed by atoms with Gasteiger partial charge in [0, 0.05) is 32.8 Å². The molecule has 1 atom stereocenters. The number of pyridine rings is 1. The van der Waals surface area contributed by atoms with Crippen molar-refractivity contribution in [2.24, 2.45) is 7.05 Å². The monoisotopic (exact) mass is 380 g/mol. The molecule has 0 aliphatic carbocycles. The molecule has 1 aliphatic rings. The van der Waals surface area contributed by atoms with Crippen LogP contribution in [-0.2, 0) is 18.3 Å². The van der Waals surface area contributed by atoms with Gasteiger partial charge in [0.25, 0.3) is 0 Å². The summed E-state index contributed by atoms with van der Waals surface area (Å²) in [4.78, 5) is 31.6. The molecule has 4 rings (SSSR count). The van der Waals surface area contributed by atoms with Crippen molar-refractivity contribution >= 4 is 17.1 Å². The summed E-state index contributed by atoms with van der Waals surface area (Å²) < 4.78 is 8.53. The van der Waals surface area contributed by atoms with E-state index in [1.54, 1.807) is 29.5 Å². The van der Waals surface area contributed by atoms with E-state index in [0.29, 0.717) is 31.6 Å². The summed E-state index contributed by atoms with van der Waals surface area (Å²) in [5, 5.41) is 0. The van der Waals surface area contributed by atoms with Crippen LogP contribution in [-0.4, -0.2) is 45.1 Å². The molecule has 0 N–H and O–H groups in total. The third kappa shape index (κ3) is 3.28. The molecule has 1 aromatic carbocycles. The summed E-state index contributed by atoms with van der Waals surface area (Å²) in [6.07, 6.45) is 3.62. The van der Waals surface area contributed by atoms with Gasteiger partial charge in [-0.15, -0.1) is 0 Å². The molecule has 3 aromatic rings. The Morgan fingerprint density at radius 1 is 1.25 bits per heavy atom. The number of fused-ring (bicyclic) bond motifs is 1. The Hall–Kier alpha value is -3.09. The Bertz CT molecular complexity index is 1050. The van der Waals surface area contributed by atoms with E-state index in [4.69, 9.17) is 4.74 Å². The largest absolute Gasteiger partial charge is 0.497 e. The minimum atomic E-state index is -0.0776. The number of carbonyl (C=O) groups excluding carboxylic acids is 1. The molecule has 1 fully saturated rings. The maximum absolute atomic E-state index is 12.7. The lowest BCUT2D eigenvalue weighted by atomic mass is 10.1. The van der Waals surface area contributed by atoms with E-state index in [9.17, 15) is 9.59 Å². The fourth-order valence-corrected chi connectivity index (χ4v) is 3.90. The van der Waals surface area contributed by atoms with Crippen LogP contribution in [0.2, 0.25) is 0 Å². The number of amides is 1. The number of carbonyl (C=O) groups is 1. The third-order valence-electron chi connectivity index (χ3n) is 5.52. The highest BCUT2D eigenvalue weighted by atomic mass is 16.5. The van der Waals surface area contributed by atoms with E-state index >= 15 is 0 Å². The Morgan fingerprint density at radius 2 is 2.04 bits per heavy atom. The van der Waals surface area contributed by atoms with Gasteiger partial charge in [0.05, 0.1) is 18.7 Å². The van der Waals surface area contributed by atoms with Crippen LogP contribution in [0.5, 0.6) is 5.75 Å². The molecule has 0 radical (unpaired) electrons. The van der Waals surface area contributed by atoms with Crippen molar-refractivity contribution in [2.45, 2.75) is 25.3 Å². The zero-order chi connectivity index (χ0) is 19.7. The second kappa shape index (κ2) is 7.50. The van der Waals surface area contributed by atoms with Crippen LogP contribution in [0.25, 0.3) is 11.2 Å². The van der Waals surface area contributed by atoms with Crippen molar-refractivity contribution in [2.75, 3.05) is 20.2 Å². The lowest BCUT2D eigenvalue weighted by Gasteiger charge is -2.17. The molecule has 0 saturated carbocycles. The SMILES string of the molecule is COc1ccc(CCC(=O)N2CC[C@@H](n3c(=O)n(C)c4cccnc43)C2)cc1. The van der Waals surface area contributed by atoms with Crippen molar-refractivity contribution < 1.29 is 9.53 Å². The van der Waals surface area contributed by atoms with Crippen molar-refractivity contribution in [3.05, 3.63) is 58.6 Å². The number of hydrogen-bond acceptors (Lipinski definition) is 4. The van der Waals surface area contributed by atoms with Crippen LogP contribution in [0.1, 0.15) is 24.4 Å². The Kier molecular flexibility index (Phi) is 4.90. The maximum Gasteiger partial charge on any atom is 0.330 e. The second-order valence-electron chi connectivity index (χ2n) is 7.19. The van der Waals surface area contributed by atoms with Gasteiger partial charge in [0.15, 0.2) is 5.65 Å². The molecule has 28 heavy (non-hydrogen) atoms. The van der Waals surface area contributed by atoms with Gasteiger partial charge in [0.2, 0.25) is 5.91 Å². The number of aromatic nitrogens is 3. The number of imidazole rings is 1. The lowest BCUT2D eigenvalue weighted by Crippen LogP contribution is -2.32. The molecule has 1 amide bonds. The molecule has 0 unspecified atom stereocenters. The molecule has 1 aliphatic heterocycles. The van der Waals surface area contributed by atoms with E-state index in [0.717, 1.165) is 23.3 Å². The highest BCUT2D eigenvalue weighted by Crippen LogP contribution is 2.24. The van der Waals surface area contributed by atoms with Crippen LogP contribution in [0.4, 0.5) is 0 Å². The van der Waals surface area contributed by atoms with E-state index in [1.807, 2.05) is 41.3 Å². The molecule has 1 saturated heterocycles. The summed E-state index contributed by atoms with van der Waals surface area (Å²) in [6.45, 7) is 1.22. The van der Waals surface area contributed by atoms with Crippen LogP contribution < -0.4 is 10.4 Å². The standard InChI is InChI=1S/C21H24N4O3/c1-23-18-4-3-12-22-20(18)25(21(23)27)16-11-13-24(14-16)19(26)10-7-15-5-8-17(28-2)9-6-15/h3-6,8-9,12,16H,7,10-11,13-14H2,1-2H3/t16-/m1/s1. The lowest BCUT2D eigenvalue weighted by molar-refractivity contribution is -0.130. The summed E-state index contributed by atoms with van der Waals surface area (Å²) in [7, 11) is 3.40. The number of methoxy groups -OCH3 is 1. The van der Waals surface area contributed by atoms with Crippen molar-refractivity contribution in [1.29, 1.82) is 0 Å². The molecule has 7 nitrogen and oxygen atoms in total. The minimum Gasteiger partial charge on any atom is -0.497 e. The van der Waals surface area contributed by atoms with E-state index in [-0.39, 0.29) is 17.6 Å². The maximum atomic E-state index is 12.7. The van der Waals surface area contributed by atoms with Gasteiger partial charge in [-0.25, -0.2) is 9.78 Å². The average molecular weight is 380 g/mol. The van der Waals surface area contributed by atoms with Gasteiger partial charge >= 0.3 is 5.69 Å². The quantitative estimate of drug-likeness (QED) is 0.680. The number of benzene rings is 1.